The molecule has 2 aromatic heterocycles. The molecule has 28 heavy (non-hydrogen) atoms. The molecule has 3 aromatic rings. The number of amides is 1. The molecule has 1 fully saturated rings. The predicted octanol–water partition coefficient (Wildman–Crippen LogP) is 4.49. The van der Waals surface area contributed by atoms with E-state index in [9.17, 15) is 4.79 Å². The minimum atomic E-state index is -0.159. The lowest BCUT2D eigenvalue weighted by Gasteiger charge is -2.21. The van der Waals surface area contributed by atoms with Crippen LogP contribution in [-0.2, 0) is 12.8 Å². The van der Waals surface area contributed by atoms with Crippen LogP contribution in [-0.4, -0.2) is 32.5 Å². The maximum Gasteiger partial charge on any atom is 0.275 e. The molecule has 1 saturated heterocycles. The van der Waals surface area contributed by atoms with E-state index >= 15 is 0 Å². The van der Waals surface area contributed by atoms with E-state index < -0.39 is 0 Å². The lowest BCUT2D eigenvalue weighted by atomic mass is 10.1. The molecule has 1 aliphatic rings. The zero-order chi connectivity index (χ0) is 19.7. The quantitative estimate of drug-likeness (QED) is 0.687. The second-order valence-electron chi connectivity index (χ2n) is 7.12. The molecule has 146 valence electrons. The summed E-state index contributed by atoms with van der Waals surface area (Å²) in [7, 11) is 0. The monoisotopic (exact) mass is 398 g/mol. The molecule has 3 heterocycles. The maximum absolute atomic E-state index is 13.1. The Kier molecular flexibility index (Phi) is 5.22. The first-order chi connectivity index (χ1) is 13.6. The number of hydrogen-bond acceptors (Lipinski definition) is 4. The molecule has 1 N–H and O–H groups in total. The number of aromatic amines is 1. The number of H-pyrrole nitrogens is 1. The van der Waals surface area contributed by atoms with Crippen molar-refractivity contribution in [3.05, 3.63) is 69.7 Å². The van der Waals surface area contributed by atoms with Gasteiger partial charge in [0.2, 0.25) is 5.89 Å². The van der Waals surface area contributed by atoms with Crippen LogP contribution in [0.1, 0.15) is 64.8 Å². The van der Waals surface area contributed by atoms with E-state index in [1.807, 2.05) is 43.0 Å². The summed E-state index contributed by atoms with van der Waals surface area (Å²) in [5, 5.41) is 7.93. The fourth-order valence-electron chi connectivity index (χ4n) is 3.78. The third-order valence-electron chi connectivity index (χ3n) is 5.36. The zero-order valence-corrected chi connectivity index (χ0v) is 16.8. The number of halogens is 1. The van der Waals surface area contributed by atoms with Crippen LogP contribution in [0.4, 0.5) is 0 Å². The molecule has 1 aromatic carbocycles. The summed E-state index contributed by atoms with van der Waals surface area (Å²) in [5.74, 6) is 1.25. The van der Waals surface area contributed by atoms with Crippen molar-refractivity contribution in [2.75, 3.05) is 6.54 Å². The molecule has 4 rings (SSSR count). The number of aryl methyl sites for hydroxylation is 1. The van der Waals surface area contributed by atoms with Crippen molar-refractivity contribution in [3.8, 4) is 0 Å². The van der Waals surface area contributed by atoms with E-state index in [0.717, 1.165) is 41.8 Å². The van der Waals surface area contributed by atoms with E-state index in [1.54, 1.807) is 6.20 Å². The van der Waals surface area contributed by atoms with Crippen LogP contribution >= 0.6 is 11.6 Å². The minimum Gasteiger partial charge on any atom is -0.443 e. The van der Waals surface area contributed by atoms with Crippen LogP contribution in [0.15, 0.2) is 34.9 Å². The normalized spacial score (nSPS) is 16.7. The molecule has 1 aliphatic heterocycles. The number of aromatic nitrogens is 3. The number of hydrogen-bond donors (Lipinski definition) is 1. The summed E-state index contributed by atoms with van der Waals surface area (Å²) in [6, 6.07) is 7.53. The Labute approximate surface area is 168 Å². The molecule has 7 heteroatoms. The topological polar surface area (TPSA) is 75.0 Å². The Hall–Kier alpha value is -2.60. The predicted molar refractivity (Wildman–Crippen MR) is 106 cm³/mol. The van der Waals surface area contributed by atoms with Gasteiger partial charge in [-0.3, -0.25) is 9.89 Å². The summed E-state index contributed by atoms with van der Waals surface area (Å²) in [5.41, 5.74) is 3.40. The first-order valence-electron chi connectivity index (χ1n) is 9.61. The number of nitrogens with zero attached hydrogens (tertiary/aromatic N) is 3. The number of oxazole rings is 1. The third kappa shape index (κ3) is 3.44. The Morgan fingerprint density at radius 3 is 2.96 bits per heavy atom. The Morgan fingerprint density at radius 1 is 1.39 bits per heavy atom. The van der Waals surface area contributed by atoms with Gasteiger partial charge in [0.25, 0.3) is 5.91 Å². The van der Waals surface area contributed by atoms with E-state index in [0.29, 0.717) is 29.6 Å². The zero-order valence-electron chi connectivity index (χ0n) is 16.0. The maximum atomic E-state index is 13.1. The van der Waals surface area contributed by atoms with Gasteiger partial charge in [-0.05, 0) is 37.8 Å². The Bertz CT molecular complexity index is 994. The van der Waals surface area contributed by atoms with Crippen molar-refractivity contribution in [2.45, 2.75) is 45.6 Å². The van der Waals surface area contributed by atoms with Crippen LogP contribution in [0, 0.1) is 6.92 Å². The van der Waals surface area contributed by atoms with Gasteiger partial charge in [0, 0.05) is 29.2 Å². The van der Waals surface area contributed by atoms with Crippen molar-refractivity contribution in [3.63, 3.8) is 0 Å². The second-order valence-corrected chi connectivity index (χ2v) is 7.53. The van der Waals surface area contributed by atoms with E-state index in [4.69, 9.17) is 16.0 Å². The summed E-state index contributed by atoms with van der Waals surface area (Å²) in [4.78, 5) is 19.4. The highest BCUT2D eigenvalue weighted by Gasteiger charge is 2.35. The van der Waals surface area contributed by atoms with Gasteiger partial charge in [0.1, 0.15) is 11.8 Å². The van der Waals surface area contributed by atoms with Crippen LogP contribution in [0.2, 0.25) is 5.02 Å². The number of nitrogens with one attached hydrogen (secondary N) is 1. The first kappa shape index (κ1) is 18.7. The van der Waals surface area contributed by atoms with Crippen LogP contribution in [0.25, 0.3) is 0 Å². The molecular weight excluding hydrogens is 376 g/mol. The lowest BCUT2D eigenvalue weighted by Crippen LogP contribution is -2.31. The molecule has 0 aliphatic carbocycles. The molecule has 0 radical (unpaired) electrons. The number of benzene rings is 1. The fraction of sp³-hybridized carbons (Fsp3) is 0.381. The highest BCUT2D eigenvalue weighted by atomic mass is 35.5. The standard InChI is InChI=1S/C21H23ClN4O2/c1-3-17-13(2)19(25-24-17)21(27)26-10-6-9-18(26)20-23-12-15(28-20)11-14-7-4-5-8-16(14)22/h4-5,7-8,12,18H,3,6,9-11H2,1-2H3,(H,24,25)/t18-/m0/s1. The highest BCUT2D eigenvalue weighted by molar-refractivity contribution is 6.31. The molecule has 1 amide bonds. The second kappa shape index (κ2) is 7.80. The Morgan fingerprint density at radius 2 is 2.21 bits per heavy atom. The summed E-state index contributed by atoms with van der Waals surface area (Å²) >= 11 is 6.24. The van der Waals surface area contributed by atoms with E-state index in [-0.39, 0.29) is 11.9 Å². The van der Waals surface area contributed by atoms with E-state index in [2.05, 4.69) is 15.2 Å². The van der Waals surface area contributed by atoms with Gasteiger partial charge in [0.05, 0.1) is 6.20 Å². The number of rotatable bonds is 5. The van der Waals surface area contributed by atoms with Crippen LogP contribution in [0.3, 0.4) is 0 Å². The highest BCUT2D eigenvalue weighted by Crippen LogP contribution is 2.33. The minimum absolute atomic E-state index is 0.0678. The van der Waals surface area contributed by atoms with E-state index in [1.165, 1.54) is 0 Å². The lowest BCUT2D eigenvalue weighted by molar-refractivity contribution is 0.0708. The first-order valence-corrected chi connectivity index (χ1v) is 9.99. The Balaban J connectivity index is 1.54. The van der Waals surface area contributed by atoms with Gasteiger partial charge >= 0.3 is 0 Å². The van der Waals surface area contributed by atoms with Crippen molar-refractivity contribution in [1.82, 2.24) is 20.1 Å². The van der Waals surface area contributed by atoms with Crippen molar-refractivity contribution in [1.29, 1.82) is 0 Å². The molecular formula is C21H23ClN4O2. The smallest absolute Gasteiger partial charge is 0.275 e. The van der Waals surface area contributed by atoms with Crippen molar-refractivity contribution < 1.29 is 9.21 Å². The fourth-order valence-corrected chi connectivity index (χ4v) is 3.98. The molecule has 0 bridgehead atoms. The number of likely N-dealkylation sites (tertiary alicyclic amines) is 1. The van der Waals surface area contributed by atoms with Gasteiger partial charge in [-0.15, -0.1) is 0 Å². The van der Waals surface area contributed by atoms with Crippen LogP contribution < -0.4 is 0 Å². The summed E-state index contributed by atoms with van der Waals surface area (Å²) in [6.45, 7) is 4.66. The molecule has 6 nitrogen and oxygen atoms in total. The van der Waals surface area contributed by atoms with Gasteiger partial charge in [-0.25, -0.2) is 4.98 Å². The number of carbonyl (C=O) groups is 1. The SMILES string of the molecule is CCc1[nH]nc(C(=O)N2CCC[C@H]2c2ncc(Cc3ccccc3Cl)o2)c1C. The molecule has 0 saturated carbocycles. The third-order valence-corrected chi connectivity index (χ3v) is 5.73. The average Bonchev–Trinajstić information content (AvgIpc) is 3.42. The summed E-state index contributed by atoms with van der Waals surface area (Å²) < 4.78 is 6.01. The largest absolute Gasteiger partial charge is 0.443 e. The van der Waals surface area contributed by atoms with Crippen molar-refractivity contribution >= 4 is 17.5 Å². The van der Waals surface area contributed by atoms with Gasteiger partial charge in [-0.1, -0.05) is 36.7 Å². The molecule has 0 spiro atoms. The van der Waals surface area contributed by atoms with Crippen molar-refractivity contribution in [2.24, 2.45) is 0 Å². The molecule has 0 unspecified atom stereocenters. The van der Waals surface area contributed by atoms with Crippen LogP contribution in [0.5, 0.6) is 0 Å². The average molecular weight is 399 g/mol. The van der Waals surface area contributed by atoms with Gasteiger partial charge in [0.15, 0.2) is 5.69 Å². The number of carbonyl (C=O) groups excluding carboxylic acids is 1. The van der Waals surface area contributed by atoms with Gasteiger partial charge < -0.3 is 9.32 Å². The van der Waals surface area contributed by atoms with Gasteiger partial charge in [-0.2, -0.15) is 5.10 Å². The molecule has 1 atom stereocenters. The summed E-state index contributed by atoms with van der Waals surface area (Å²) in [6.07, 6.45) is 4.88.